The van der Waals surface area contributed by atoms with Crippen LogP contribution in [-0.2, 0) is 13.0 Å². The summed E-state index contributed by atoms with van der Waals surface area (Å²) in [6.07, 6.45) is 0.693. The third-order valence-corrected chi connectivity index (χ3v) is 3.85. The van der Waals surface area contributed by atoms with E-state index in [1.807, 2.05) is 24.3 Å². The molecule has 0 saturated heterocycles. The van der Waals surface area contributed by atoms with Crippen LogP contribution >= 0.6 is 0 Å². The number of hydrogen-bond donors (Lipinski definition) is 2. The fraction of sp³-hybridized carbons (Fsp3) is 0.222. The van der Waals surface area contributed by atoms with Crippen molar-refractivity contribution in [2.45, 2.75) is 13.0 Å². The SMILES string of the molecule is COc1ccc(CCNC(=O)NCc2nnnn2-c2cccc(F)c2)cc1. The van der Waals surface area contributed by atoms with Crippen LogP contribution in [0.5, 0.6) is 5.75 Å². The topological polar surface area (TPSA) is 94.0 Å². The van der Waals surface area contributed by atoms with E-state index in [-0.39, 0.29) is 12.6 Å². The lowest BCUT2D eigenvalue weighted by atomic mass is 10.1. The monoisotopic (exact) mass is 370 g/mol. The molecule has 0 fully saturated rings. The number of halogens is 1. The number of hydrogen-bond acceptors (Lipinski definition) is 5. The van der Waals surface area contributed by atoms with Gasteiger partial charge in [0.2, 0.25) is 0 Å². The number of rotatable bonds is 7. The highest BCUT2D eigenvalue weighted by atomic mass is 19.1. The van der Waals surface area contributed by atoms with Crippen molar-refractivity contribution in [1.82, 2.24) is 30.8 Å². The van der Waals surface area contributed by atoms with Crippen LogP contribution in [0.3, 0.4) is 0 Å². The van der Waals surface area contributed by atoms with Gasteiger partial charge >= 0.3 is 6.03 Å². The van der Waals surface area contributed by atoms with Gasteiger partial charge in [-0.25, -0.2) is 9.18 Å². The average molecular weight is 370 g/mol. The second kappa shape index (κ2) is 8.75. The fourth-order valence-corrected chi connectivity index (χ4v) is 2.46. The van der Waals surface area contributed by atoms with Crippen molar-refractivity contribution in [2.75, 3.05) is 13.7 Å². The number of tetrazole rings is 1. The molecule has 0 radical (unpaired) electrons. The van der Waals surface area contributed by atoms with Gasteiger partial charge in [0.1, 0.15) is 11.6 Å². The van der Waals surface area contributed by atoms with Crippen LogP contribution in [-0.4, -0.2) is 39.9 Å². The van der Waals surface area contributed by atoms with Crippen LogP contribution < -0.4 is 15.4 Å². The largest absolute Gasteiger partial charge is 0.497 e. The third kappa shape index (κ3) is 5.00. The molecule has 0 aliphatic rings. The molecule has 9 heteroatoms. The predicted octanol–water partition coefficient (Wildman–Crippen LogP) is 1.85. The Kier molecular flexibility index (Phi) is 5.93. The van der Waals surface area contributed by atoms with Crippen LogP contribution in [0.25, 0.3) is 5.69 Å². The summed E-state index contributed by atoms with van der Waals surface area (Å²) in [6.45, 7) is 0.588. The van der Waals surface area contributed by atoms with E-state index in [1.54, 1.807) is 19.2 Å². The van der Waals surface area contributed by atoms with E-state index in [4.69, 9.17) is 4.74 Å². The molecule has 0 atom stereocenters. The zero-order valence-corrected chi connectivity index (χ0v) is 14.7. The summed E-state index contributed by atoms with van der Waals surface area (Å²) in [5.74, 6) is 0.796. The molecule has 0 saturated carbocycles. The average Bonchev–Trinajstić information content (AvgIpc) is 3.15. The van der Waals surface area contributed by atoms with Crippen molar-refractivity contribution in [2.24, 2.45) is 0 Å². The summed E-state index contributed by atoms with van der Waals surface area (Å²) >= 11 is 0. The molecule has 0 aliphatic heterocycles. The Morgan fingerprint density at radius 3 is 2.74 bits per heavy atom. The molecule has 2 amide bonds. The van der Waals surface area contributed by atoms with Crippen LogP contribution in [0.2, 0.25) is 0 Å². The highest BCUT2D eigenvalue weighted by molar-refractivity contribution is 5.73. The van der Waals surface area contributed by atoms with E-state index in [2.05, 4.69) is 26.2 Å². The van der Waals surface area contributed by atoms with Crippen molar-refractivity contribution < 1.29 is 13.9 Å². The molecule has 0 unspecified atom stereocenters. The molecule has 0 bridgehead atoms. The zero-order chi connectivity index (χ0) is 19.1. The van der Waals surface area contributed by atoms with Gasteiger partial charge in [0, 0.05) is 6.54 Å². The summed E-state index contributed by atoms with van der Waals surface area (Å²) in [5.41, 5.74) is 1.57. The molecule has 1 aromatic heterocycles. The number of carbonyl (C=O) groups is 1. The fourth-order valence-electron chi connectivity index (χ4n) is 2.46. The normalized spacial score (nSPS) is 10.4. The molecule has 1 heterocycles. The Morgan fingerprint density at radius 2 is 2.00 bits per heavy atom. The molecule has 3 rings (SSSR count). The van der Waals surface area contributed by atoms with E-state index in [0.29, 0.717) is 24.5 Å². The number of benzene rings is 2. The number of ether oxygens (including phenoxy) is 1. The van der Waals surface area contributed by atoms with Gasteiger partial charge in [-0.2, -0.15) is 4.68 Å². The minimum Gasteiger partial charge on any atom is -0.497 e. The van der Waals surface area contributed by atoms with E-state index in [1.165, 1.54) is 16.8 Å². The van der Waals surface area contributed by atoms with E-state index >= 15 is 0 Å². The lowest BCUT2D eigenvalue weighted by Gasteiger charge is -2.08. The summed E-state index contributed by atoms with van der Waals surface area (Å²) in [6, 6.07) is 13.2. The highest BCUT2D eigenvalue weighted by Crippen LogP contribution is 2.11. The summed E-state index contributed by atoms with van der Waals surface area (Å²) < 4.78 is 19.8. The van der Waals surface area contributed by atoms with Crippen LogP contribution in [0.15, 0.2) is 48.5 Å². The Hall–Kier alpha value is -3.49. The van der Waals surface area contributed by atoms with Crippen molar-refractivity contribution in [1.29, 1.82) is 0 Å². The number of amides is 2. The van der Waals surface area contributed by atoms with Gasteiger partial charge in [-0.15, -0.1) is 5.10 Å². The first-order chi connectivity index (χ1) is 13.2. The molecule has 140 valence electrons. The lowest BCUT2D eigenvalue weighted by molar-refractivity contribution is 0.240. The second-order valence-corrected chi connectivity index (χ2v) is 5.69. The Bertz CT molecular complexity index is 897. The van der Waals surface area contributed by atoms with E-state index < -0.39 is 5.82 Å². The van der Waals surface area contributed by atoms with Gasteiger partial charge < -0.3 is 15.4 Å². The maximum absolute atomic E-state index is 13.4. The van der Waals surface area contributed by atoms with Crippen molar-refractivity contribution >= 4 is 6.03 Å². The first-order valence-corrected chi connectivity index (χ1v) is 8.33. The van der Waals surface area contributed by atoms with Gasteiger partial charge in [-0.3, -0.25) is 0 Å². The lowest BCUT2D eigenvalue weighted by Crippen LogP contribution is -2.36. The molecule has 8 nitrogen and oxygen atoms in total. The summed E-state index contributed by atoms with van der Waals surface area (Å²) in [5, 5.41) is 16.7. The van der Waals surface area contributed by atoms with Gasteiger partial charge in [-0.05, 0) is 52.7 Å². The summed E-state index contributed by atoms with van der Waals surface area (Å²) in [4.78, 5) is 12.0. The standard InChI is InChI=1S/C18H19FN6O2/c1-27-16-7-5-13(6-8-16)9-10-20-18(26)21-12-17-22-23-24-25(17)15-4-2-3-14(19)11-15/h2-8,11H,9-10,12H2,1H3,(H2,20,21,26). The molecule has 27 heavy (non-hydrogen) atoms. The quantitative estimate of drug-likeness (QED) is 0.662. The summed E-state index contributed by atoms with van der Waals surface area (Å²) in [7, 11) is 1.62. The molecular formula is C18H19FN6O2. The number of nitrogens with zero attached hydrogens (tertiary/aromatic N) is 4. The molecule has 2 aromatic carbocycles. The van der Waals surface area contributed by atoms with Crippen molar-refractivity contribution in [3.63, 3.8) is 0 Å². The number of nitrogens with one attached hydrogen (secondary N) is 2. The Balaban J connectivity index is 1.47. The zero-order valence-electron chi connectivity index (χ0n) is 14.7. The number of aromatic nitrogens is 4. The molecular weight excluding hydrogens is 351 g/mol. The van der Waals surface area contributed by atoms with Gasteiger partial charge in [0.05, 0.1) is 19.3 Å². The minimum absolute atomic E-state index is 0.109. The van der Waals surface area contributed by atoms with Crippen molar-refractivity contribution in [3.8, 4) is 11.4 Å². The van der Waals surface area contributed by atoms with Crippen molar-refractivity contribution in [3.05, 3.63) is 65.7 Å². The first-order valence-electron chi connectivity index (χ1n) is 8.33. The van der Waals surface area contributed by atoms with Crippen LogP contribution in [0.1, 0.15) is 11.4 Å². The number of urea groups is 1. The number of methoxy groups -OCH3 is 1. The predicted molar refractivity (Wildman–Crippen MR) is 96.0 cm³/mol. The number of carbonyl (C=O) groups excluding carboxylic acids is 1. The highest BCUT2D eigenvalue weighted by Gasteiger charge is 2.10. The molecule has 0 aliphatic carbocycles. The van der Waals surface area contributed by atoms with Crippen LogP contribution in [0, 0.1) is 5.82 Å². The smallest absolute Gasteiger partial charge is 0.315 e. The maximum atomic E-state index is 13.4. The molecule has 2 N–H and O–H groups in total. The Morgan fingerprint density at radius 1 is 1.19 bits per heavy atom. The first kappa shape index (κ1) is 18.3. The van der Waals surface area contributed by atoms with E-state index in [9.17, 15) is 9.18 Å². The maximum Gasteiger partial charge on any atom is 0.315 e. The minimum atomic E-state index is -0.391. The van der Waals surface area contributed by atoms with Gasteiger partial charge in [0.25, 0.3) is 0 Å². The molecule has 0 spiro atoms. The third-order valence-electron chi connectivity index (χ3n) is 3.85. The van der Waals surface area contributed by atoms with E-state index in [0.717, 1.165) is 11.3 Å². The Labute approximate surface area is 155 Å². The molecule has 3 aromatic rings. The van der Waals surface area contributed by atoms with Crippen LogP contribution in [0.4, 0.5) is 9.18 Å². The van der Waals surface area contributed by atoms with Gasteiger partial charge in [-0.1, -0.05) is 18.2 Å². The van der Waals surface area contributed by atoms with Gasteiger partial charge in [0.15, 0.2) is 5.82 Å². The second-order valence-electron chi connectivity index (χ2n) is 5.69.